The van der Waals surface area contributed by atoms with Crippen molar-refractivity contribution in [3.8, 4) is 22.8 Å². The van der Waals surface area contributed by atoms with E-state index >= 15 is 0 Å². The molecule has 8 nitrogen and oxygen atoms in total. The Labute approximate surface area is 189 Å². The van der Waals surface area contributed by atoms with Crippen LogP contribution in [0.15, 0.2) is 64.5 Å². The minimum absolute atomic E-state index is 0.185. The number of anilines is 1. The molecular weight excluding hydrogens is 424 g/mol. The summed E-state index contributed by atoms with van der Waals surface area (Å²) in [6.45, 7) is 3.96. The molecule has 0 radical (unpaired) electrons. The van der Waals surface area contributed by atoms with Gasteiger partial charge in [-0.15, -0.1) is 10.2 Å². The molecule has 5 rings (SSSR count). The Kier molecular flexibility index (Phi) is 5.40. The number of benzene rings is 2. The number of rotatable bonds is 5. The molecule has 0 fully saturated rings. The topological polar surface area (TPSA) is 97.7 Å². The largest absolute Gasteiger partial charge is 0.447 e. The van der Waals surface area contributed by atoms with Crippen LogP contribution >= 0.6 is 11.8 Å². The summed E-state index contributed by atoms with van der Waals surface area (Å²) in [6, 6.07) is 17.2. The molecule has 0 spiro atoms. The standard InChI is InChI=1S/C23H22N6O2S/c1-3-13-32-23-25-21-19(26-27-23)16-11-7-8-12-17(16)24-20(31-21)18-14(2)28-29(22(18)30)15-9-5-4-6-10-15/h4-12,20,24,28H,3,13H2,1-2H3/t20-/m1/s1. The van der Waals surface area contributed by atoms with Crippen molar-refractivity contribution in [2.75, 3.05) is 11.1 Å². The Morgan fingerprint density at radius 3 is 2.69 bits per heavy atom. The average Bonchev–Trinajstić information content (AvgIpc) is 3.02. The number of hydrogen-bond donors (Lipinski definition) is 2. The lowest BCUT2D eigenvalue weighted by Crippen LogP contribution is -2.26. The Bertz CT molecular complexity index is 1320. The van der Waals surface area contributed by atoms with Crippen molar-refractivity contribution < 1.29 is 4.74 Å². The molecule has 0 saturated carbocycles. The quantitative estimate of drug-likeness (QED) is 0.440. The maximum absolute atomic E-state index is 13.4. The van der Waals surface area contributed by atoms with Gasteiger partial charge in [-0.25, -0.2) is 4.68 Å². The number of ether oxygens (including phenoxy) is 1. The molecule has 0 bridgehead atoms. The zero-order valence-corrected chi connectivity index (χ0v) is 18.5. The number of aromatic amines is 1. The van der Waals surface area contributed by atoms with Crippen LogP contribution in [-0.2, 0) is 0 Å². The van der Waals surface area contributed by atoms with E-state index in [4.69, 9.17) is 4.74 Å². The maximum atomic E-state index is 13.4. The third-order valence-electron chi connectivity index (χ3n) is 5.16. The van der Waals surface area contributed by atoms with Crippen molar-refractivity contribution in [2.45, 2.75) is 31.7 Å². The average molecular weight is 447 g/mol. The highest BCUT2D eigenvalue weighted by Crippen LogP contribution is 2.39. The molecule has 0 unspecified atom stereocenters. The maximum Gasteiger partial charge on any atom is 0.280 e. The molecule has 2 aromatic carbocycles. The van der Waals surface area contributed by atoms with Crippen LogP contribution in [0.5, 0.6) is 5.88 Å². The summed E-state index contributed by atoms with van der Waals surface area (Å²) in [4.78, 5) is 18.0. The van der Waals surface area contributed by atoms with Gasteiger partial charge >= 0.3 is 0 Å². The summed E-state index contributed by atoms with van der Waals surface area (Å²) in [5, 5.41) is 15.8. The van der Waals surface area contributed by atoms with Gasteiger partial charge in [0.15, 0.2) is 5.69 Å². The predicted molar refractivity (Wildman–Crippen MR) is 124 cm³/mol. The minimum atomic E-state index is -0.744. The molecule has 2 N–H and O–H groups in total. The number of nitrogens with one attached hydrogen (secondary N) is 2. The second-order valence-corrected chi connectivity index (χ2v) is 8.47. The fraction of sp³-hybridized carbons (Fsp3) is 0.217. The van der Waals surface area contributed by atoms with Crippen LogP contribution in [0, 0.1) is 6.92 Å². The summed E-state index contributed by atoms with van der Waals surface area (Å²) in [6.07, 6.45) is 0.257. The van der Waals surface area contributed by atoms with E-state index < -0.39 is 6.23 Å². The van der Waals surface area contributed by atoms with Crippen molar-refractivity contribution in [1.29, 1.82) is 0 Å². The predicted octanol–water partition coefficient (Wildman–Crippen LogP) is 4.33. The second kappa shape index (κ2) is 8.51. The van der Waals surface area contributed by atoms with E-state index in [9.17, 15) is 4.79 Å². The zero-order chi connectivity index (χ0) is 22.1. The van der Waals surface area contributed by atoms with E-state index in [0.717, 1.165) is 29.1 Å². The first-order chi connectivity index (χ1) is 15.7. The van der Waals surface area contributed by atoms with Gasteiger partial charge in [0.05, 0.1) is 5.69 Å². The number of aryl methyl sites for hydroxylation is 1. The third kappa shape index (κ3) is 3.64. The smallest absolute Gasteiger partial charge is 0.280 e. The molecular formula is C23H22N6O2S. The van der Waals surface area contributed by atoms with Gasteiger partial charge in [-0.3, -0.25) is 9.89 Å². The Hall–Kier alpha value is -3.59. The fourth-order valence-corrected chi connectivity index (χ4v) is 4.29. The number of hydrogen-bond acceptors (Lipinski definition) is 7. The highest BCUT2D eigenvalue weighted by molar-refractivity contribution is 7.99. The van der Waals surface area contributed by atoms with Gasteiger partial charge in [-0.2, -0.15) is 4.98 Å². The van der Waals surface area contributed by atoms with E-state index in [-0.39, 0.29) is 5.56 Å². The Morgan fingerprint density at radius 1 is 1.09 bits per heavy atom. The number of aromatic nitrogens is 5. The normalized spacial score (nSPS) is 14.6. The molecule has 32 heavy (non-hydrogen) atoms. The van der Waals surface area contributed by atoms with E-state index in [2.05, 4.69) is 32.5 Å². The van der Waals surface area contributed by atoms with Crippen LogP contribution in [0.1, 0.15) is 30.8 Å². The third-order valence-corrected chi connectivity index (χ3v) is 6.21. The van der Waals surface area contributed by atoms with Crippen molar-refractivity contribution in [1.82, 2.24) is 25.0 Å². The van der Waals surface area contributed by atoms with Crippen molar-refractivity contribution in [3.63, 3.8) is 0 Å². The molecule has 2 aromatic heterocycles. The zero-order valence-electron chi connectivity index (χ0n) is 17.7. The van der Waals surface area contributed by atoms with Crippen LogP contribution in [0.3, 0.4) is 0 Å². The van der Waals surface area contributed by atoms with Crippen LogP contribution in [0.2, 0.25) is 0 Å². The highest BCUT2D eigenvalue weighted by Gasteiger charge is 2.30. The van der Waals surface area contributed by atoms with Gasteiger partial charge in [0.25, 0.3) is 5.56 Å². The van der Waals surface area contributed by atoms with Gasteiger partial charge in [-0.1, -0.05) is 55.1 Å². The monoisotopic (exact) mass is 446 g/mol. The van der Waals surface area contributed by atoms with Gasteiger partial charge in [0, 0.05) is 22.7 Å². The molecule has 1 atom stereocenters. The second-order valence-electron chi connectivity index (χ2n) is 7.41. The Balaban J connectivity index is 1.62. The summed E-state index contributed by atoms with van der Waals surface area (Å²) in [5.74, 6) is 1.24. The lowest BCUT2D eigenvalue weighted by atomic mass is 10.1. The first kappa shape index (κ1) is 20.3. The highest BCUT2D eigenvalue weighted by atomic mass is 32.2. The number of thioether (sulfide) groups is 1. The molecule has 0 aliphatic carbocycles. The number of para-hydroxylation sites is 2. The van der Waals surface area contributed by atoms with Gasteiger partial charge in [-0.05, 0) is 31.5 Å². The lowest BCUT2D eigenvalue weighted by Gasteiger charge is -2.17. The van der Waals surface area contributed by atoms with Crippen molar-refractivity contribution in [3.05, 3.63) is 76.2 Å². The fourth-order valence-electron chi connectivity index (χ4n) is 3.66. The van der Waals surface area contributed by atoms with E-state index in [1.165, 1.54) is 16.4 Å². The lowest BCUT2D eigenvalue weighted by molar-refractivity contribution is 0.223. The minimum Gasteiger partial charge on any atom is -0.447 e. The van der Waals surface area contributed by atoms with Crippen molar-refractivity contribution >= 4 is 17.4 Å². The van der Waals surface area contributed by atoms with Crippen LogP contribution in [-0.4, -0.2) is 30.7 Å². The molecule has 4 aromatic rings. The molecule has 0 saturated heterocycles. The summed E-state index contributed by atoms with van der Waals surface area (Å²) < 4.78 is 7.81. The molecule has 1 aliphatic heterocycles. The SMILES string of the molecule is CCCSc1nnc2c(n1)O[C@H](c1c(C)[nH]n(-c3ccccc3)c1=O)Nc1ccccc1-2. The number of nitrogens with zero attached hydrogens (tertiary/aromatic N) is 4. The number of H-pyrrole nitrogens is 1. The first-order valence-electron chi connectivity index (χ1n) is 10.4. The van der Waals surface area contributed by atoms with Crippen LogP contribution in [0.4, 0.5) is 5.69 Å². The van der Waals surface area contributed by atoms with E-state index in [0.29, 0.717) is 28.0 Å². The molecule has 1 aliphatic rings. The molecule has 0 amide bonds. The molecule has 3 heterocycles. The molecule has 9 heteroatoms. The number of fused-ring (bicyclic) bond motifs is 3. The van der Waals surface area contributed by atoms with Gasteiger partial charge in [0.1, 0.15) is 5.56 Å². The summed E-state index contributed by atoms with van der Waals surface area (Å²) in [5.41, 5.74) is 3.94. The summed E-state index contributed by atoms with van der Waals surface area (Å²) in [7, 11) is 0. The summed E-state index contributed by atoms with van der Waals surface area (Å²) >= 11 is 1.53. The Morgan fingerprint density at radius 2 is 1.88 bits per heavy atom. The van der Waals surface area contributed by atoms with Gasteiger partial charge in [0.2, 0.25) is 17.3 Å². The first-order valence-corrected chi connectivity index (χ1v) is 11.4. The van der Waals surface area contributed by atoms with Crippen molar-refractivity contribution in [2.24, 2.45) is 0 Å². The van der Waals surface area contributed by atoms with Crippen LogP contribution in [0.25, 0.3) is 16.9 Å². The van der Waals surface area contributed by atoms with Crippen LogP contribution < -0.4 is 15.6 Å². The van der Waals surface area contributed by atoms with E-state index in [1.54, 1.807) is 0 Å². The molecule has 162 valence electrons. The van der Waals surface area contributed by atoms with Gasteiger partial charge < -0.3 is 10.1 Å². The van der Waals surface area contributed by atoms with E-state index in [1.807, 2.05) is 61.5 Å².